The highest BCUT2D eigenvalue weighted by Gasteiger charge is 2.20. The van der Waals surface area contributed by atoms with E-state index in [2.05, 4.69) is 15.9 Å². The number of rotatable bonds is 2. The van der Waals surface area contributed by atoms with Gasteiger partial charge in [-0.3, -0.25) is 14.2 Å². The summed E-state index contributed by atoms with van der Waals surface area (Å²) in [7, 11) is 1.83. The smallest absolute Gasteiger partial charge is 0.271 e. The van der Waals surface area contributed by atoms with Crippen molar-refractivity contribution in [1.82, 2.24) is 14.1 Å². The summed E-state index contributed by atoms with van der Waals surface area (Å²) >= 11 is 3.41. The molecule has 2 aromatic carbocycles. The van der Waals surface area contributed by atoms with Gasteiger partial charge in [-0.05, 0) is 30.3 Å². The van der Waals surface area contributed by atoms with E-state index < -0.39 is 0 Å². The van der Waals surface area contributed by atoms with Crippen LogP contribution in [0, 0.1) is 0 Å². The summed E-state index contributed by atoms with van der Waals surface area (Å²) < 4.78 is 4.17. The van der Waals surface area contributed by atoms with Crippen LogP contribution >= 0.6 is 15.9 Å². The van der Waals surface area contributed by atoms with Crippen LogP contribution in [0.3, 0.4) is 0 Å². The fourth-order valence-corrected chi connectivity index (χ4v) is 3.77. The summed E-state index contributed by atoms with van der Waals surface area (Å²) in [5.41, 5.74) is 1.23. The summed E-state index contributed by atoms with van der Waals surface area (Å²) in [6.45, 7) is 3.98. The van der Waals surface area contributed by atoms with Crippen molar-refractivity contribution in [2.75, 3.05) is 0 Å². The number of para-hydroxylation sites is 1. The number of hydrogen-bond donors (Lipinski definition) is 0. The SMILES string of the molecule is CC(C)c1nc2c(c(=O)c3cc(Br)ccc3n2C)c(=O)n1-c1ccccc1. The predicted octanol–water partition coefficient (Wildman–Crippen LogP) is 4.12. The first-order valence-corrected chi connectivity index (χ1v) is 9.49. The van der Waals surface area contributed by atoms with Gasteiger partial charge in [-0.15, -0.1) is 0 Å². The molecule has 136 valence electrons. The zero-order valence-electron chi connectivity index (χ0n) is 15.2. The van der Waals surface area contributed by atoms with Gasteiger partial charge in [0.25, 0.3) is 5.56 Å². The van der Waals surface area contributed by atoms with E-state index in [1.165, 1.54) is 0 Å². The summed E-state index contributed by atoms with van der Waals surface area (Å²) in [6.07, 6.45) is 0. The molecular weight excluding hydrogens is 406 g/mol. The fourth-order valence-electron chi connectivity index (χ4n) is 3.41. The Morgan fingerprint density at radius 2 is 1.74 bits per heavy atom. The molecule has 0 aliphatic rings. The number of aryl methyl sites for hydroxylation is 1. The normalized spacial score (nSPS) is 11.6. The number of fused-ring (bicyclic) bond motifs is 2. The second-order valence-corrected chi connectivity index (χ2v) is 7.76. The molecule has 5 nitrogen and oxygen atoms in total. The molecule has 2 aromatic heterocycles. The largest absolute Gasteiger partial charge is 0.328 e. The summed E-state index contributed by atoms with van der Waals surface area (Å²) in [6, 6.07) is 14.8. The Bertz CT molecular complexity index is 1300. The van der Waals surface area contributed by atoms with E-state index in [1.807, 2.05) is 67.9 Å². The highest BCUT2D eigenvalue weighted by molar-refractivity contribution is 9.10. The van der Waals surface area contributed by atoms with Crippen LogP contribution in [0.1, 0.15) is 25.6 Å². The van der Waals surface area contributed by atoms with Gasteiger partial charge in [-0.25, -0.2) is 4.98 Å². The van der Waals surface area contributed by atoms with Crippen molar-refractivity contribution in [3.8, 4) is 5.69 Å². The second kappa shape index (κ2) is 6.46. The average molecular weight is 424 g/mol. The number of hydrogen-bond acceptors (Lipinski definition) is 3. The van der Waals surface area contributed by atoms with Crippen LogP contribution in [0.2, 0.25) is 0 Å². The van der Waals surface area contributed by atoms with Gasteiger partial charge in [-0.1, -0.05) is 48.0 Å². The van der Waals surface area contributed by atoms with E-state index in [-0.39, 0.29) is 22.3 Å². The Kier molecular flexibility index (Phi) is 4.23. The number of benzene rings is 2. The molecule has 0 aliphatic carbocycles. The van der Waals surface area contributed by atoms with Crippen molar-refractivity contribution in [2.24, 2.45) is 7.05 Å². The van der Waals surface area contributed by atoms with Crippen molar-refractivity contribution in [1.29, 1.82) is 0 Å². The third-order valence-electron chi connectivity index (χ3n) is 4.73. The fraction of sp³-hybridized carbons (Fsp3) is 0.190. The Morgan fingerprint density at radius 3 is 2.41 bits per heavy atom. The van der Waals surface area contributed by atoms with Crippen LogP contribution in [0.4, 0.5) is 0 Å². The number of halogens is 1. The lowest BCUT2D eigenvalue weighted by Gasteiger charge is -2.18. The van der Waals surface area contributed by atoms with Crippen molar-refractivity contribution in [3.05, 3.63) is 79.4 Å². The lowest BCUT2D eigenvalue weighted by atomic mass is 10.1. The zero-order chi connectivity index (χ0) is 19.3. The molecule has 0 fully saturated rings. The number of pyridine rings is 1. The highest BCUT2D eigenvalue weighted by atomic mass is 79.9. The molecule has 0 atom stereocenters. The van der Waals surface area contributed by atoms with Crippen LogP contribution in [-0.2, 0) is 7.05 Å². The molecule has 0 radical (unpaired) electrons. The molecule has 4 rings (SSSR count). The monoisotopic (exact) mass is 423 g/mol. The highest BCUT2D eigenvalue weighted by Crippen LogP contribution is 2.22. The van der Waals surface area contributed by atoms with Crippen LogP contribution in [-0.4, -0.2) is 14.1 Å². The molecule has 0 saturated carbocycles. The van der Waals surface area contributed by atoms with Gasteiger partial charge in [0.2, 0.25) is 5.43 Å². The van der Waals surface area contributed by atoms with Crippen LogP contribution < -0.4 is 11.0 Å². The maximum atomic E-state index is 13.5. The van der Waals surface area contributed by atoms with E-state index in [0.29, 0.717) is 22.5 Å². The minimum Gasteiger partial charge on any atom is -0.328 e. The van der Waals surface area contributed by atoms with Gasteiger partial charge < -0.3 is 4.57 Å². The molecule has 0 saturated heterocycles. The first-order valence-electron chi connectivity index (χ1n) is 8.70. The molecule has 0 N–H and O–H groups in total. The Balaban J connectivity index is 2.27. The first-order chi connectivity index (χ1) is 12.9. The average Bonchev–Trinajstić information content (AvgIpc) is 2.66. The van der Waals surface area contributed by atoms with Crippen molar-refractivity contribution < 1.29 is 0 Å². The Morgan fingerprint density at radius 1 is 1.04 bits per heavy atom. The van der Waals surface area contributed by atoms with Crippen LogP contribution in [0.5, 0.6) is 0 Å². The third kappa shape index (κ3) is 2.72. The van der Waals surface area contributed by atoms with Gasteiger partial charge in [-0.2, -0.15) is 0 Å². The van der Waals surface area contributed by atoms with Gasteiger partial charge in [0.1, 0.15) is 11.2 Å². The molecule has 0 bridgehead atoms. The predicted molar refractivity (Wildman–Crippen MR) is 112 cm³/mol. The van der Waals surface area contributed by atoms with E-state index >= 15 is 0 Å². The van der Waals surface area contributed by atoms with E-state index in [9.17, 15) is 9.59 Å². The summed E-state index contributed by atoms with van der Waals surface area (Å²) in [5, 5.41) is 0.603. The topological polar surface area (TPSA) is 56.9 Å². The molecule has 0 spiro atoms. The summed E-state index contributed by atoms with van der Waals surface area (Å²) in [4.78, 5) is 31.4. The second-order valence-electron chi connectivity index (χ2n) is 6.85. The van der Waals surface area contributed by atoms with Gasteiger partial charge in [0.05, 0.1) is 11.2 Å². The molecule has 0 amide bonds. The zero-order valence-corrected chi connectivity index (χ0v) is 16.8. The maximum absolute atomic E-state index is 13.5. The van der Waals surface area contributed by atoms with Crippen LogP contribution in [0.15, 0.2) is 62.6 Å². The van der Waals surface area contributed by atoms with Gasteiger partial charge in [0.15, 0.2) is 5.65 Å². The van der Waals surface area contributed by atoms with Crippen molar-refractivity contribution >= 4 is 37.9 Å². The summed E-state index contributed by atoms with van der Waals surface area (Å²) in [5.74, 6) is 0.642. The molecule has 2 heterocycles. The first kappa shape index (κ1) is 17.7. The quantitative estimate of drug-likeness (QED) is 0.455. The van der Waals surface area contributed by atoms with Gasteiger partial charge in [0, 0.05) is 22.8 Å². The minimum atomic E-state index is -0.336. The number of aromatic nitrogens is 3. The number of nitrogens with zero attached hydrogens (tertiary/aromatic N) is 3. The molecule has 27 heavy (non-hydrogen) atoms. The minimum absolute atomic E-state index is 0.0121. The van der Waals surface area contributed by atoms with Gasteiger partial charge >= 0.3 is 0 Å². The molecule has 0 unspecified atom stereocenters. The van der Waals surface area contributed by atoms with E-state index in [0.717, 1.165) is 9.99 Å². The lowest BCUT2D eigenvalue weighted by molar-refractivity contribution is 0.716. The Hall–Kier alpha value is -2.73. The van der Waals surface area contributed by atoms with E-state index in [1.54, 1.807) is 10.6 Å². The van der Waals surface area contributed by atoms with Crippen molar-refractivity contribution in [3.63, 3.8) is 0 Å². The standard InChI is InChI=1S/C21H18BrN3O2/c1-12(2)19-23-20-17(21(27)25(19)14-7-5-4-6-8-14)18(26)15-11-13(22)9-10-16(15)24(20)3/h4-12H,1-3H3. The maximum Gasteiger partial charge on any atom is 0.271 e. The third-order valence-corrected chi connectivity index (χ3v) is 5.22. The molecule has 6 heteroatoms. The van der Waals surface area contributed by atoms with Crippen LogP contribution in [0.25, 0.3) is 27.6 Å². The van der Waals surface area contributed by atoms with Crippen molar-refractivity contribution in [2.45, 2.75) is 19.8 Å². The van der Waals surface area contributed by atoms with E-state index in [4.69, 9.17) is 4.98 Å². The molecular formula is C21H18BrN3O2. The Labute approximate surface area is 164 Å². The lowest BCUT2D eigenvalue weighted by Crippen LogP contribution is -2.30. The molecule has 0 aliphatic heterocycles. The molecule has 4 aromatic rings.